The third kappa shape index (κ3) is 14.3. The minimum absolute atomic E-state index is 0.00313. The predicted octanol–water partition coefficient (Wildman–Crippen LogP) is 11.1. The minimum atomic E-state index is -4.91. The van der Waals surface area contributed by atoms with Crippen molar-refractivity contribution >= 4 is 130 Å². The van der Waals surface area contributed by atoms with Crippen molar-refractivity contribution in [3.8, 4) is 11.4 Å². The highest BCUT2D eigenvalue weighted by atomic mass is 32.2. The number of aromatic nitrogens is 3. The third-order valence-electron chi connectivity index (χ3n) is 11.3. The summed E-state index contributed by atoms with van der Waals surface area (Å²) in [6.45, 7) is 7.38. The number of aryl methyl sites for hydroxylation is 4. The molecule has 0 saturated heterocycles. The zero-order valence-electron chi connectivity index (χ0n) is 41.3. The van der Waals surface area contributed by atoms with Gasteiger partial charge in [-0.2, -0.15) is 60.7 Å². The number of aromatic hydroxyl groups is 1. The van der Waals surface area contributed by atoms with E-state index in [1.807, 2.05) is 39.0 Å². The average molecular weight is 1180 g/mol. The van der Waals surface area contributed by atoms with E-state index >= 15 is 0 Å². The minimum Gasteiger partial charge on any atom is -0.505 e. The number of hydrogen-bond donors (Lipinski definition) is 4. The fraction of sp³-hybridized carbons (Fsp3) is 0.0833. The quantitative estimate of drug-likeness (QED) is 0.0652. The van der Waals surface area contributed by atoms with Crippen molar-refractivity contribution in [1.29, 1.82) is 0 Å². The van der Waals surface area contributed by atoms with E-state index in [0.717, 1.165) is 22.8 Å². The number of phenols is 1. The predicted molar refractivity (Wildman–Crippen MR) is 286 cm³/mol. The van der Waals surface area contributed by atoms with E-state index in [1.165, 1.54) is 35.1 Å². The molecule has 0 aliphatic heterocycles. The van der Waals surface area contributed by atoms with Crippen LogP contribution in [0.15, 0.2) is 183 Å². The van der Waals surface area contributed by atoms with Crippen molar-refractivity contribution in [3.05, 3.63) is 150 Å². The van der Waals surface area contributed by atoms with Crippen molar-refractivity contribution in [2.24, 2.45) is 40.9 Å². The monoisotopic (exact) mass is 1180 g/mol. The maximum Gasteiger partial charge on any atom is 0.425 e. The van der Waals surface area contributed by atoms with Gasteiger partial charge in [0.05, 0.1) is 44.7 Å². The van der Waals surface area contributed by atoms with Gasteiger partial charge in [0.15, 0.2) is 5.75 Å². The molecule has 0 bridgehead atoms. The Labute approximate surface area is 455 Å². The molecule has 9 aromatic rings. The van der Waals surface area contributed by atoms with Crippen LogP contribution in [0, 0.1) is 27.7 Å². The molecule has 0 saturated carbocycles. The molecule has 0 aliphatic rings. The molecule has 0 amide bonds. The molecular weight excluding hydrogens is 1150 g/mol. The Morgan fingerprint density at radius 1 is 0.425 bits per heavy atom. The Balaban J connectivity index is 0.00000108. The largest absolute Gasteiger partial charge is 0.505 e. The molecule has 27 nitrogen and oxygen atoms in total. The van der Waals surface area contributed by atoms with Crippen LogP contribution in [0.1, 0.15) is 22.3 Å². The van der Waals surface area contributed by atoms with Gasteiger partial charge in [-0.15, -0.1) is 45.7 Å². The van der Waals surface area contributed by atoms with Gasteiger partial charge >= 0.3 is 21.2 Å². The summed E-state index contributed by atoms with van der Waals surface area (Å²) in [6, 6.07) is 32.6. The first-order valence-electron chi connectivity index (χ1n) is 22.2. The van der Waals surface area contributed by atoms with Gasteiger partial charge in [-0.05, 0) is 158 Å². The number of fused-ring (bicyclic) bond motifs is 4. The molecule has 0 aliphatic carbocycles. The smallest absolute Gasteiger partial charge is 0.425 e. The molecule has 9 rings (SSSR count). The highest BCUT2D eigenvalue weighted by Crippen LogP contribution is 2.39. The summed E-state index contributed by atoms with van der Waals surface area (Å²) in [5.74, 6) is -0.139. The molecule has 8 aromatic carbocycles. The normalized spacial score (nSPS) is 12.1. The summed E-state index contributed by atoms with van der Waals surface area (Å²) in [5, 5.41) is 55.9. The highest BCUT2D eigenvalue weighted by Gasteiger charge is 2.23. The number of hydrogen-bond acceptors (Lipinski definition) is 23. The van der Waals surface area contributed by atoms with Crippen LogP contribution in [0.4, 0.5) is 45.5 Å². The van der Waals surface area contributed by atoms with E-state index in [1.54, 1.807) is 73.7 Å². The molecule has 1 heterocycles. The Hall–Kier alpha value is -9.15. The molecule has 0 radical (unpaired) electrons. The number of benzene rings is 8. The van der Waals surface area contributed by atoms with Crippen molar-refractivity contribution in [3.63, 3.8) is 0 Å². The van der Waals surface area contributed by atoms with E-state index in [4.69, 9.17) is 25.3 Å². The van der Waals surface area contributed by atoms with Gasteiger partial charge in [0.1, 0.15) is 32.2 Å². The van der Waals surface area contributed by atoms with Crippen molar-refractivity contribution in [2.75, 3.05) is 0 Å². The first kappa shape index (κ1) is 58.5. The number of rotatable bonds is 12. The molecule has 4 N–H and O–H groups in total. The topological polar surface area (TPSA) is 415 Å². The second-order valence-electron chi connectivity index (χ2n) is 16.7. The van der Waals surface area contributed by atoms with E-state index in [2.05, 4.69) is 51.1 Å². The first-order chi connectivity index (χ1) is 37.6. The second kappa shape index (κ2) is 23.8. The van der Waals surface area contributed by atoms with E-state index in [0.29, 0.717) is 62.2 Å². The van der Waals surface area contributed by atoms with Gasteiger partial charge in [-0.3, -0.25) is 13.7 Å². The van der Waals surface area contributed by atoms with E-state index in [9.17, 15) is 44.0 Å². The second-order valence-corrected chi connectivity index (χ2v) is 21.8. The van der Waals surface area contributed by atoms with Crippen molar-refractivity contribution in [2.45, 2.75) is 42.4 Å². The van der Waals surface area contributed by atoms with Gasteiger partial charge in [0.25, 0.3) is 30.4 Å². The lowest BCUT2D eigenvalue weighted by atomic mass is 10.1. The lowest BCUT2D eigenvalue weighted by Crippen LogP contribution is -2.04. The maximum atomic E-state index is 12.2. The zero-order chi connectivity index (χ0) is 58.4. The standard InChI is InChI=1S/C48H37N11O10S3.2O3S/c1-26-19-32(10-16-38(26)51-49-31-11-17-39(27(2)20-31)52-53-40-7-5-6-8-45(40)71(64,65)66)50-55-43-21-29(4)44(22-28(43)3)56-54-42-15-9-30-23-33(12-13-35(30)48(42)60)59-57-41-18-14-36-37(47(41)58-59)24-34(70(61,62)63)25-46(36)72(67,68)69;2*1-4(2)3/h5-25,60H,1-4H3,(H,61,62,63)(H,64,65,66)(H,67,68,69);;. The average Bonchev–Trinajstić information content (AvgIpc) is 3.99. The van der Waals surface area contributed by atoms with Crippen LogP contribution in [0.25, 0.3) is 38.3 Å². The summed E-state index contributed by atoms with van der Waals surface area (Å²) < 4.78 is 151. The van der Waals surface area contributed by atoms with Crippen molar-refractivity contribution in [1.82, 2.24) is 15.0 Å². The molecule has 0 fully saturated rings. The maximum absolute atomic E-state index is 12.2. The molecule has 410 valence electrons. The molecular formula is C48H37N11O16S5. The van der Waals surface area contributed by atoms with Gasteiger partial charge in [0.2, 0.25) is 0 Å². The Kier molecular flexibility index (Phi) is 17.4. The number of azo groups is 4. The fourth-order valence-electron chi connectivity index (χ4n) is 7.55. The molecule has 0 unspecified atom stereocenters. The summed E-state index contributed by atoms with van der Waals surface area (Å²) >= 11 is 0. The fourth-order valence-corrected chi connectivity index (χ4v) is 9.52. The third-order valence-corrected chi connectivity index (χ3v) is 13.9. The van der Waals surface area contributed by atoms with Crippen LogP contribution in [0.3, 0.4) is 0 Å². The lowest BCUT2D eigenvalue weighted by molar-refractivity contribution is 0.479. The first-order valence-corrected chi connectivity index (χ1v) is 28.5. The van der Waals surface area contributed by atoms with Crippen LogP contribution in [-0.4, -0.2) is 84.3 Å². The molecule has 32 heteroatoms. The molecule has 0 atom stereocenters. The van der Waals surface area contributed by atoms with Crippen LogP contribution in [0.5, 0.6) is 5.75 Å². The Bertz CT molecular complexity index is 4690. The summed E-state index contributed by atoms with van der Waals surface area (Å²) in [4.78, 5) is -0.585. The van der Waals surface area contributed by atoms with Gasteiger partial charge in [0, 0.05) is 16.2 Å². The van der Waals surface area contributed by atoms with Crippen LogP contribution < -0.4 is 0 Å². The number of nitrogens with zero attached hydrogens (tertiary/aromatic N) is 11. The Morgan fingerprint density at radius 2 is 0.900 bits per heavy atom. The lowest BCUT2D eigenvalue weighted by Gasteiger charge is -2.07. The summed E-state index contributed by atoms with van der Waals surface area (Å²) in [5.41, 5.74) is 7.40. The van der Waals surface area contributed by atoms with Gasteiger partial charge in [-0.1, -0.05) is 24.3 Å². The van der Waals surface area contributed by atoms with Gasteiger partial charge < -0.3 is 5.11 Å². The van der Waals surface area contributed by atoms with Gasteiger partial charge in [-0.25, -0.2) is 0 Å². The number of phenolic OH excluding ortho intramolecular Hbond substituents is 1. The molecule has 1 aromatic heterocycles. The van der Waals surface area contributed by atoms with Crippen LogP contribution >= 0.6 is 0 Å². The SMILES string of the molecule is Cc1cc(N=Nc2cc(C)c(N=Nc3ccc4cc(-n5nc6ccc7c(S(=O)(=O)O)cc(S(=O)(=O)O)cc7c6n5)ccc4c3O)cc2C)ccc1N=Nc1ccc(N=Nc2ccccc2S(=O)(=O)O)c(C)c1.O=S(=O)=O.O=S(=O)=O. The summed E-state index contributed by atoms with van der Waals surface area (Å²) in [7, 11) is -20.5. The van der Waals surface area contributed by atoms with Crippen molar-refractivity contribution < 1.29 is 69.3 Å². The summed E-state index contributed by atoms with van der Waals surface area (Å²) in [6.07, 6.45) is 0. The van der Waals surface area contributed by atoms with E-state index in [-0.39, 0.29) is 43.8 Å². The zero-order valence-corrected chi connectivity index (χ0v) is 45.4. The van der Waals surface area contributed by atoms with Crippen LogP contribution in [-0.2, 0) is 51.6 Å². The molecule has 0 spiro atoms. The highest BCUT2D eigenvalue weighted by molar-refractivity contribution is 7.87. The Morgan fingerprint density at radius 3 is 1.45 bits per heavy atom. The van der Waals surface area contributed by atoms with Crippen LogP contribution in [0.2, 0.25) is 0 Å². The van der Waals surface area contributed by atoms with E-state index < -0.39 is 61.4 Å². The molecule has 80 heavy (non-hydrogen) atoms.